The van der Waals surface area contributed by atoms with Gasteiger partial charge in [-0.3, -0.25) is 4.79 Å². The van der Waals surface area contributed by atoms with Gasteiger partial charge in [0.15, 0.2) is 0 Å². The number of fused-ring (bicyclic) bond motifs is 1. The Labute approximate surface area is 174 Å². The first kappa shape index (κ1) is 22.4. The molecule has 2 aromatic rings. The average Bonchev–Trinajstić information content (AvgIpc) is 2.65. The second kappa shape index (κ2) is 8.60. The first-order valence-electron chi connectivity index (χ1n) is 8.10. The largest absolute Gasteiger partial charge is 0.494 e. The van der Waals surface area contributed by atoms with Crippen molar-refractivity contribution >= 4 is 55.6 Å². The van der Waals surface area contributed by atoms with E-state index in [1.54, 1.807) is 25.2 Å². The summed E-state index contributed by atoms with van der Waals surface area (Å²) in [5, 5.41) is 1.08. The molecular formula is C18H21ClN2O5S2. The highest BCUT2D eigenvalue weighted by Crippen LogP contribution is 2.40. The van der Waals surface area contributed by atoms with Crippen LogP contribution in [0.1, 0.15) is 5.56 Å². The van der Waals surface area contributed by atoms with Crippen molar-refractivity contribution in [3.63, 3.8) is 0 Å². The van der Waals surface area contributed by atoms with Crippen LogP contribution in [-0.4, -0.2) is 70.5 Å². The highest BCUT2D eigenvalue weighted by Gasteiger charge is 2.26. The molecule has 10 heteroatoms. The Morgan fingerprint density at radius 1 is 1.21 bits per heavy atom. The van der Waals surface area contributed by atoms with Gasteiger partial charge < -0.3 is 14.4 Å². The number of halogens is 1. The molecule has 0 saturated heterocycles. The Bertz CT molecular complexity index is 1040. The molecule has 0 saturated carbocycles. The fourth-order valence-electron chi connectivity index (χ4n) is 2.70. The molecule has 0 bridgehead atoms. The molecule has 7 nitrogen and oxygen atoms in total. The molecule has 0 spiro atoms. The van der Waals surface area contributed by atoms with Crippen molar-refractivity contribution in [2.24, 2.45) is 0 Å². The lowest BCUT2D eigenvalue weighted by Gasteiger charge is -2.22. The SMILES string of the molecule is COC(=O)CN(C)C(=S)c1cc(Cl)c(OC)c2c(S(=O)(=O)N(C)C)cccc12. The number of ether oxygens (including phenoxy) is 2. The number of hydrogen-bond donors (Lipinski definition) is 0. The third-order valence-electron chi connectivity index (χ3n) is 4.17. The van der Waals surface area contributed by atoms with Crippen molar-refractivity contribution < 1.29 is 22.7 Å². The van der Waals surface area contributed by atoms with Gasteiger partial charge in [0.1, 0.15) is 17.3 Å². The van der Waals surface area contributed by atoms with E-state index in [1.807, 2.05) is 0 Å². The topological polar surface area (TPSA) is 76.1 Å². The number of likely N-dealkylation sites (N-methyl/N-ethyl adjacent to an activating group) is 1. The first-order chi connectivity index (χ1) is 13.1. The molecule has 152 valence electrons. The van der Waals surface area contributed by atoms with E-state index >= 15 is 0 Å². The standard InChI is InChI=1S/C18H21ClN2O5S2/c1-20(2)28(23,24)14-8-6-7-11-12(9-13(19)17(26-5)16(11)14)18(27)21(3)10-15(22)25-4/h6-9H,10H2,1-5H3. The summed E-state index contributed by atoms with van der Waals surface area (Å²) in [4.78, 5) is 13.5. The molecule has 2 aromatic carbocycles. The smallest absolute Gasteiger partial charge is 0.325 e. The first-order valence-corrected chi connectivity index (χ1v) is 10.3. The Morgan fingerprint density at radius 2 is 1.86 bits per heavy atom. The van der Waals surface area contributed by atoms with Crippen molar-refractivity contribution in [1.82, 2.24) is 9.21 Å². The summed E-state index contributed by atoms with van der Waals surface area (Å²) in [5.41, 5.74) is 0.512. The molecule has 0 radical (unpaired) electrons. The zero-order chi connectivity index (χ0) is 21.2. The summed E-state index contributed by atoms with van der Waals surface area (Å²) >= 11 is 11.9. The summed E-state index contributed by atoms with van der Waals surface area (Å²) in [6, 6.07) is 6.45. The number of esters is 1. The lowest BCUT2D eigenvalue weighted by atomic mass is 10.0. The van der Waals surface area contributed by atoms with Crippen molar-refractivity contribution in [1.29, 1.82) is 0 Å². The van der Waals surface area contributed by atoms with Crippen molar-refractivity contribution in [2.45, 2.75) is 4.90 Å². The van der Waals surface area contributed by atoms with Gasteiger partial charge in [0, 0.05) is 32.1 Å². The monoisotopic (exact) mass is 444 g/mol. The second-order valence-electron chi connectivity index (χ2n) is 6.14. The number of carbonyl (C=O) groups is 1. The lowest BCUT2D eigenvalue weighted by Crippen LogP contribution is -2.32. The van der Waals surface area contributed by atoms with Crippen molar-refractivity contribution in [3.05, 3.63) is 34.9 Å². The van der Waals surface area contributed by atoms with Crippen LogP contribution >= 0.6 is 23.8 Å². The number of methoxy groups -OCH3 is 2. The maximum atomic E-state index is 12.8. The third kappa shape index (κ3) is 4.07. The van der Waals surface area contributed by atoms with E-state index in [0.29, 0.717) is 21.3 Å². The van der Waals surface area contributed by atoms with Gasteiger partial charge in [-0.05, 0) is 17.5 Å². The molecule has 0 unspecified atom stereocenters. The van der Waals surface area contributed by atoms with Crippen LogP contribution in [0.5, 0.6) is 5.75 Å². The van der Waals surface area contributed by atoms with Gasteiger partial charge in [-0.15, -0.1) is 0 Å². The van der Waals surface area contributed by atoms with Crippen LogP contribution in [0.25, 0.3) is 10.8 Å². The Kier molecular flexibility index (Phi) is 6.87. The van der Waals surface area contributed by atoms with Crippen LogP contribution in [-0.2, 0) is 19.6 Å². The zero-order valence-electron chi connectivity index (χ0n) is 16.1. The Hall–Kier alpha value is -1.94. The quantitative estimate of drug-likeness (QED) is 0.500. The van der Waals surface area contributed by atoms with Crippen molar-refractivity contribution in [3.8, 4) is 5.75 Å². The molecule has 0 amide bonds. The molecule has 0 aliphatic carbocycles. The highest BCUT2D eigenvalue weighted by atomic mass is 35.5. The Balaban J connectivity index is 2.81. The van der Waals surface area contributed by atoms with Gasteiger partial charge in [0.25, 0.3) is 0 Å². The summed E-state index contributed by atoms with van der Waals surface area (Å²) in [6.07, 6.45) is 0. The molecule has 0 aliphatic heterocycles. The summed E-state index contributed by atoms with van der Waals surface area (Å²) in [6.45, 7) is -0.0594. The summed E-state index contributed by atoms with van der Waals surface area (Å²) < 4.78 is 36.9. The molecule has 0 aromatic heterocycles. The van der Waals surface area contributed by atoms with Crippen LogP contribution in [0.2, 0.25) is 5.02 Å². The van der Waals surface area contributed by atoms with Crippen LogP contribution < -0.4 is 4.74 Å². The fraction of sp³-hybridized carbons (Fsp3) is 0.333. The zero-order valence-corrected chi connectivity index (χ0v) is 18.5. The number of nitrogens with zero attached hydrogens (tertiary/aromatic N) is 2. The van der Waals surface area contributed by atoms with Crippen LogP contribution in [0.3, 0.4) is 0 Å². The normalized spacial score (nSPS) is 11.5. The maximum absolute atomic E-state index is 12.8. The van der Waals surface area contributed by atoms with Crippen LogP contribution in [0.4, 0.5) is 0 Å². The fourth-order valence-corrected chi connectivity index (χ4v) is 4.32. The third-order valence-corrected chi connectivity index (χ3v) is 6.84. The molecule has 0 aliphatic rings. The molecule has 0 atom stereocenters. The van der Waals surface area contributed by atoms with E-state index in [1.165, 1.54) is 39.3 Å². The lowest BCUT2D eigenvalue weighted by molar-refractivity contribution is -0.140. The summed E-state index contributed by atoms with van der Waals surface area (Å²) in [7, 11) is 3.46. The number of rotatable bonds is 6. The minimum absolute atomic E-state index is 0.0500. The number of hydrogen-bond acceptors (Lipinski definition) is 6. The van der Waals surface area contributed by atoms with Crippen molar-refractivity contribution in [2.75, 3.05) is 41.9 Å². The molecule has 0 fully saturated rings. The van der Waals surface area contributed by atoms with E-state index in [0.717, 1.165) is 4.31 Å². The summed E-state index contributed by atoms with van der Waals surface area (Å²) in [5.74, 6) is -0.218. The van der Waals surface area contributed by atoms with E-state index in [4.69, 9.17) is 28.6 Å². The van der Waals surface area contributed by atoms with Gasteiger partial charge in [0.05, 0.1) is 24.1 Å². The Morgan fingerprint density at radius 3 is 2.39 bits per heavy atom. The average molecular weight is 445 g/mol. The molecule has 28 heavy (non-hydrogen) atoms. The van der Waals surface area contributed by atoms with E-state index < -0.39 is 16.0 Å². The molecule has 0 N–H and O–H groups in total. The van der Waals surface area contributed by atoms with Crippen LogP contribution in [0, 0.1) is 0 Å². The van der Waals surface area contributed by atoms with Gasteiger partial charge in [0.2, 0.25) is 10.0 Å². The van der Waals surface area contributed by atoms with E-state index in [-0.39, 0.29) is 22.2 Å². The highest BCUT2D eigenvalue weighted by molar-refractivity contribution is 7.89. The number of benzene rings is 2. The number of sulfonamides is 1. The predicted molar refractivity (Wildman–Crippen MR) is 113 cm³/mol. The van der Waals surface area contributed by atoms with Gasteiger partial charge in [-0.25, -0.2) is 12.7 Å². The maximum Gasteiger partial charge on any atom is 0.325 e. The van der Waals surface area contributed by atoms with E-state index in [2.05, 4.69) is 4.74 Å². The van der Waals surface area contributed by atoms with Gasteiger partial charge in [-0.1, -0.05) is 36.0 Å². The van der Waals surface area contributed by atoms with E-state index in [9.17, 15) is 13.2 Å². The molecular weight excluding hydrogens is 424 g/mol. The minimum atomic E-state index is -3.77. The molecule has 2 rings (SSSR count). The van der Waals surface area contributed by atoms with Gasteiger partial charge >= 0.3 is 5.97 Å². The second-order valence-corrected chi connectivity index (χ2v) is 9.06. The molecule has 0 heterocycles. The number of carbonyl (C=O) groups excluding carboxylic acids is 1. The van der Waals surface area contributed by atoms with Crippen LogP contribution in [0.15, 0.2) is 29.2 Å². The minimum Gasteiger partial charge on any atom is -0.494 e. The number of thiocarbonyl (C=S) groups is 1. The predicted octanol–water partition coefficient (Wildman–Crippen LogP) is 2.53. The van der Waals surface area contributed by atoms with Gasteiger partial charge in [-0.2, -0.15) is 0 Å².